The van der Waals surface area contributed by atoms with Gasteiger partial charge >= 0.3 is 6.18 Å². The second-order valence-corrected chi connectivity index (χ2v) is 5.72. The van der Waals surface area contributed by atoms with Crippen LogP contribution in [0.25, 0.3) is 0 Å². The summed E-state index contributed by atoms with van der Waals surface area (Å²) in [6.07, 6.45) is -11.6. The normalized spacial score (nSPS) is 13.9. The maximum Gasteiger partial charge on any atom is 0.419 e. The zero-order valence-electron chi connectivity index (χ0n) is 11.4. The van der Waals surface area contributed by atoms with Crippen LogP contribution in [0.2, 0.25) is 0 Å². The van der Waals surface area contributed by atoms with Crippen molar-refractivity contribution in [2.24, 2.45) is 0 Å². The number of carbonyl (C=O) groups is 1. The molecule has 1 atom stereocenters. The Morgan fingerprint density at radius 2 is 1.64 bits per heavy atom. The van der Waals surface area contributed by atoms with Crippen LogP contribution in [0, 0.1) is 0 Å². The van der Waals surface area contributed by atoms with Gasteiger partial charge in [0, 0.05) is 24.2 Å². The summed E-state index contributed by atoms with van der Waals surface area (Å²) in [5.41, 5.74) is 0.358. The summed E-state index contributed by atoms with van der Waals surface area (Å²) in [5, 5.41) is -0.393. The van der Waals surface area contributed by atoms with Crippen molar-refractivity contribution in [2.45, 2.75) is 37.5 Å². The van der Waals surface area contributed by atoms with Crippen LogP contribution < -0.4 is 0 Å². The van der Waals surface area contributed by atoms with Crippen LogP contribution in [0.4, 0.5) is 26.3 Å². The highest BCUT2D eigenvalue weighted by Gasteiger charge is 2.42. The van der Waals surface area contributed by atoms with Gasteiger partial charge in [-0.15, -0.1) is 0 Å². The topological polar surface area (TPSA) is 17.1 Å². The van der Waals surface area contributed by atoms with E-state index in [0.717, 1.165) is 0 Å². The number of rotatable bonds is 7. The quantitative estimate of drug-likeness (QED) is 0.627. The van der Waals surface area contributed by atoms with Crippen molar-refractivity contribution in [2.75, 3.05) is 5.75 Å². The van der Waals surface area contributed by atoms with Gasteiger partial charge in [0.05, 0.1) is 0 Å². The molecule has 0 heterocycles. The highest BCUT2D eigenvalue weighted by Crippen LogP contribution is 2.32. The first kappa shape index (κ1) is 18.9. The number of carbonyl (C=O) groups excluding carboxylic acids is 1. The minimum absolute atomic E-state index is 0.246. The predicted octanol–water partition coefficient (Wildman–Crippen LogP) is 5.27. The first-order chi connectivity index (χ1) is 10.1. The zero-order valence-corrected chi connectivity index (χ0v) is 12.2. The highest BCUT2D eigenvalue weighted by atomic mass is 32.2. The molecule has 8 heteroatoms. The van der Waals surface area contributed by atoms with Crippen LogP contribution in [-0.4, -0.2) is 29.1 Å². The highest BCUT2D eigenvalue weighted by molar-refractivity contribution is 8.14. The molecule has 0 spiro atoms. The van der Waals surface area contributed by atoms with Crippen LogP contribution in [0.15, 0.2) is 30.3 Å². The first-order valence-electron chi connectivity index (χ1n) is 6.42. The van der Waals surface area contributed by atoms with Gasteiger partial charge in [-0.3, -0.25) is 4.79 Å². The first-order valence-corrected chi connectivity index (χ1v) is 7.41. The van der Waals surface area contributed by atoms with E-state index >= 15 is 0 Å². The van der Waals surface area contributed by atoms with Gasteiger partial charge in [0.15, 0.2) is 6.17 Å². The Balaban J connectivity index is 2.35. The Bertz CT molecular complexity index is 474. The molecule has 1 nitrogen and oxygen atoms in total. The summed E-state index contributed by atoms with van der Waals surface area (Å²) in [4.78, 5) is 11.6. The minimum Gasteiger partial charge on any atom is -0.282 e. The largest absolute Gasteiger partial charge is 0.419 e. The van der Waals surface area contributed by atoms with Crippen molar-refractivity contribution < 1.29 is 31.1 Å². The third kappa shape index (κ3) is 6.72. The maximum absolute atomic E-state index is 13.4. The van der Waals surface area contributed by atoms with Crippen molar-refractivity contribution in [1.29, 1.82) is 0 Å². The van der Waals surface area contributed by atoms with Gasteiger partial charge < -0.3 is 0 Å². The number of thioether (sulfide) groups is 1. The SMILES string of the molecule is O=C(SCCC(F)(F)CCC(F)C(F)(F)F)c1ccccc1. The van der Waals surface area contributed by atoms with E-state index in [9.17, 15) is 31.1 Å². The molecule has 0 aromatic heterocycles. The van der Waals surface area contributed by atoms with Gasteiger partial charge in [-0.05, 0) is 6.42 Å². The van der Waals surface area contributed by atoms with Gasteiger partial charge in [-0.25, -0.2) is 13.2 Å². The standard InChI is InChI=1S/C14H14F6OS/c15-11(14(18,19)20)6-7-13(16,17)8-9-22-12(21)10-4-2-1-3-5-10/h1-5,11H,6-9H2. The average Bonchev–Trinajstić information content (AvgIpc) is 2.44. The van der Waals surface area contributed by atoms with Crippen LogP contribution in [-0.2, 0) is 0 Å². The molecule has 0 aliphatic rings. The van der Waals surface area contributed by atoms with Gasteiger partial charge in [0.25, 0.3) is 0 Å². The van der Waals surface area contributed by atoms with Crippen molar-refractivity contribution in [3.05, 3.63) is 35.9 Å². The smallest absolute Gasteiger partial charge is 0.282 e. The zero-order chi connectivity index (χ0) is 16.8. The fourth-order valence-corrected chi connectivity index (χ4v) is 2.47. The number of alkyl halides is 6. The van der Waals surface area contributed by atoms with E-state index < -0.39 is 42.6 Å². The fourth-order valence-electron chi connectivity index (χ4n) is 1.58. The molecule has 0 N–H and O–H groups in total. The molecule has 1 aromatic rings. The number of hydrogen-bond donors (Lipinski definition) is 0. The van der Waals surface area contributed by atoms with Crippen molar-refractivity contribution in [3.8, 4) is 0 Å². The summed E-state index contributed by atoms with van der Waals surface area (Å²) >= 11 is 0.661. The molecule has 124 valence electrons. The monoisotopic (exact) mass is 344 g/mol. The summed E-state index contributed by atoms with van der Waals surface area (Å²) in [7, 11) is 0. The third-order valence-electron chi connectivity index (χ3n) is 2.83. The molecule has 0 amide bonds. The second-order valence-electron chi connectivity index (χ2n) is 4.66. The number of halogens is 6. The summed E-state index contributed by atoms with van der Waals surface area (Å²) in [5.74, 6) is -3.68. The van der Waals surface area contributed by atoms with E-state index in [1.165, 1.54) is 12.1 Å². The lowest BCUT2D eigenvalue weighted by atomic mass is 10.1. The Morgan fingerprint density at radius 3 is 2.18 bits per heavy atom. The predicted molar refractivity (Wildman–Crippen MR) is 73.0 cm³/mol. The minimum atomic E-state index is -5.12. The molecule has 0 aliphatic carbocycles. The van der Waals surface area contributed by atoms with Crippen molar-refractivity contribution >= 4 is 16.9 Å². The Hall–Kier alpha value is -1.18. The molecule has 0 saturated heterocycles. The van der Waals surface area contributed by atoms with Gasteiger partial charge in [0.1, 0.15) is 0 Å². The Kier molecular flexibility index (Phi) is 6.77. The van der Waals surface area contributed by atoms with Gasteiger partial charge in [0.2, 0.25) is 11.0 Å². The molecular formula is C14H14F6OS. The Labute approximate surface area is 128 Å². The molecule has 1 aromatic carbocycles. The maximum atomic E-state index is 13.4. The average molecular weight is 344 g/mol. The van der Waals surface area contributed by atoms with E-state index in [2.05, 4.69) is 0 Å². The van der Waals surface area contributed by atoms with Crippen LogP contribution >= 0.6 is 11.8 Å². The lowest BCUT2D eigenvalue weighted by molar-refractivity contribution is -0.185. The Morgan fingerprint density at radius 1 is 1.05 bits per heavy atom. The fraction of sp³-hybridized carbons (Fsp3) is 0.500. The van der Waals surface area contributed by atoms with Crippen LogP contribution in [0.5, 0.6) is 0 Å². The summed E-state index contributed by atoms with van der Waals surface area (Å²) in [6, 6.07) is 8.01. The molecule has 0 fully saturated rings. The lowest BCUT2D eigenvalue weighted by Crippen LogP contribution is -2.27. The second kappa shape index (κ2) is 7.89. The number of hydrogen-bond acceptors (Lipinski definition) is 2. The summed E-state index contributed by atoms with van der Waals surface area (Å²) < 4.78 is 75.0. The summed E-state index contributed by atoms with van der Waals surface area (Å²) in [6.45, 7) is 0. The van der Waals surface area contributed by atoms with Gasteiger partial charge in [-0.2, -0.15) is 13.2 Å². The molecule has 1 rings (SSSR count). The van der Waals surface area contributed by atoms with Crippen molar-refractivity contribution in [1.82, 2.24) is 0 Å². The molecule has 1 unspecified atom stereocenters. The molecular weight excluding hydrogens is 330 g/mol. The lowest BCUT2D eigenvalue weighted by Gasteiger charge is -2.18. The van der Waals surface area contributed by atoms with Crippen LogP contribution in [0.1, 0.15) is 29.6 Å². The molecule has 0 bridgehead atoms. The third-order valence-corrected chi connectivity index (χ3v) is 3.74. The van der Waals surface area contributed by atoms with E-state index in [4.69, 9.17) is 0 Å². The van der Waals surface area contributed by atoms with Crippen molar-refractivity contribution in [3.63, 3.8) is 0 Å². The van der Waals surface area contributed by atoms with E-state index in [-0.39, 0.29) is 5.75 Å². The van der Waals surface area contributed by atoms with Gasteiger partial charge in [-0.1, -0.05) is 42.1 Å². The van der Waals surface area contributed by atoms with E-state index in [1.54, 1.807) is 18.2 Å². The molecule has 0 saturated carbocycles. The molecule has 0 radical (unpaired) electrons. The van der Waals surface area contributed by atoms with E-state index in [0.29, 0.717) is 17.3 Å². The molecule has 22 heavy (non-hydrogen) atoms. The number of benzene rings is 1. The molecule has 0 aliphatic heterocycles. The van der Waals surface area contributed by atoms with Crippen LogP contribution in [0.3, 0.4) is 0 Å². The van der Waals surface area contributed by atoms with E-state index in [1.807, 2.05) is 0 Å².